The summed E-state index contributed by atoms with van der Waals surface area (Å²) in [5.74, 6) is 0.371. The lowest BCUT2D eigenvalue weighted by atomic mass is 9.89. The number of aromatic nitrogens is 7. The number of ether oxygens (including phenoxy) is 3. The second-order valence-corrected chi connectivity index (χ2v) is 24.7. The minimum atomic E-state index is -0.829. The van der Waals surface area contributed by atoms with Crippen LogP contribution in [0, 0.1) is 30.6 Å². The molecule has 0 spiro atoms. The SMILES string of the molecule is C=CC1CC(/C=C/c2ccccc2)[C@@H]2C(=O)N(CCCCCC(=O)N(CCC(=O)NCCO)Cc3cn(CCC(=O)OCc4ccccc4NC(=O)OC(C)[n+]4nc(C)n5nc(N6CCC(c7ccc(OCCN8CCN(C)C(=O)[C@@H]8C)cc7)CC6)ccc54)nn3)C(=O)[C@H]12. The van der Waals surface area contributed by atoms with Crippen molar-refractivity contribution in [1.29, 1.82) is 0 Å². The number of nitrogens with one attached hydrogen (secondary N) is 2. The maximum absolute atomic E-state index is 13.8. The van der Waals surface area contributed by atoms with Gasteiger partial charge in [0.05, 0.1) is 55.9 Å². The van der Waals surface area contributed by atoms with E-state index < -0.39 is 30.1 Å². The second-order valence-electron chi connectivity index (χ2n) is 24.7. The van der Waals surface area contributed by atoms with Gasteiger partial charge < -0.3 is 39.3 Å². The summed E-state index contributed by atoms with van der Waals surface area (Å²) in [6, 6.07) is 28.9. The van der Waals surface area contributed by atoms with Gasteiger partial charge in [-0.05, 0) is 97.3 Å². The van der Waals surface area contributed by atoms with Crippen molar-refractivity contribution in [3.05, 3.63) is 144 Å². The number of aliphatic hydroxyl groups is 1. The Morgan fingerprint density at radius 1 is 0.851 bits per heavy atom. The normalized spacial score (nSPS) is 19.6. The van der Waals surface area contributed by atoms with Crippen LogP contribution in [-0.2, 0) is 57.9 Å². The molecule has 1 saturated carbocycles. The number of rotatable bonds is 30. The van der Waals surface area contributed by atoms with Crippen LogP contribution < -0.4 is 25.0 Å². The molecule has 4 fully saturated rings. The van der Waals surface area contributed by atoms with Gasteiger partial charge in [-0.2, -0.15) is 0 Å². The molecule has 3 unspecified atom stereocenters. The van der Waals surface area contributed by atoms with E-state index in [1.54, 1.807) is 57.6 Å². The highest BCUT2D eigenvalue weighted by molar-refractivity contribution is 6.06. The van der Waals surface area contributed by atoms with Gasteiger partial charge in [0.1, 0.15) is 24.7 Å². The maximum atomic E-state index is 13.8. The van der Waals surface area contributed by atoms with Crippen molar-refractivity contribution in [2.45, 2.75) is 116 Å². The van der Waals surface area contributed by atoms with Gasteiger partial charge in [0, 0.05) is 97.7 Å². The van der Waals surface area contributed by atoms with Gasteiger partial charge in [-0.15, -0.1) is 11.7 Å². The molecule has 3 aromatic heterocycles. The number of unbranched alkanes of at least 4 members (excludes halogenated alkanes) is 2. The number of amides is 6. The highest BCUT2D eigenvalue weighted by Crippen LogP contribution is 2.49. The number of benzene rings is 3. The smallest absolute Gasteiger partial charge is 0.415 e. The summed E-state index contributed by atoms with van der Waals surface area (Å²) in [5.41, 5.74) is 4.29. The number of imide groups is 1. The molecule has 6 amide bonds. The van der Waals surface area contributed by atoms with E-state index in [2.05, 4.69) is 60.6 Å². The zero-order valence-electron chi connectivity index (χ0n) is 54.2. The number of aliphatic hydroxyl groups excluding tert-OH is 1. The van der Waals surface area contributed by atoms with E-state index in [1.165, 1.54) is 20.0 Å². The fraction of sp³-hybridized carbons (Fsp3) is 0.478. The first kappa shape index (κ1) is 67.5. The monoisotopic (exact) mass is 1290 g/mol. The number of carbonyl (C=O) groups excluding carboxylic acids is 7. The summed E-state index contributed by atoms with van der Waals surface area (Å²) in [5, 5.41) is 32.7. The Hall–Kier alpha value is -9.36. The van der Waals surface area contributed by atoms with Crippen molar-refractivity contribution in [2.24, 2.45) is 23.7 Å². The topological polar surface area (TPSA) is 272 Å². The maximum Gasteiger partial charge on any atom is 0.415 e. The Balaban J connectivity index is 0.647. The number of aryl methyl sites for hydroxylation is 2. The summed E-state index contributed by atoms with van der Waals surface area (Å²) in [7, 11) is 1.85. The molecule has 4 aliphatic rings. The van der Waals surface area contributed by atoms with Gasteiger partial charge in [0.25, 0.3) is 12.1 Å². The van der Waals surface area contributed by atoms with Crippen LogP contribution in [0.2, 0.25) is 0 Å². The standard InChI is InChI=1S/C69H86N14O11/c1-6-51-43-54(21-20-50-15-9-7-10-16-50)65-64(51)67(89)81(68(65)90)33-14-8-11-19-62(86)79(36-30-60(85)70-32-41-84)44-56-45-80(75-72-56)37-31-63(87)93-46-55-17-12-13-18-58(55)71-69(91)94-49(4)83-61-27-26-59(74-82(61)48(3)73-83)78-34-28-53(29-35-78)52-22-24-57(25-23-52)92-42-40-77-39-38-76(5)66(88)47(77)2/h6-7,9-10,12-13,15-18,20-27,45,47,49,51,53-54,64-65,84H,1,8,11,14,19,28-44,46H2,2-5H3,(H-,70,71,85,91)/p+1/b21-20+/t47-,49?,51?,54?,64+,65-/m0/s1. The Morgan fingerprint density at radius 2 is 1.61 bits per heavy atom. The van der Waals surface area contributed by atoms with Gasteiger partial charge >= 0.3 is 17.7 Å². The number of carbonyl (C=O) groups is 7. The average molecular weight is 1290 g/mol. The van der Waals surface area contributed by atoms with E-state index in [4.69, 9.17) is 19.3 Å². The predicted octanol–water partition coefficient (Wildman–Crippen LogP) is 6.27. The first-order chi connectivity index (χ1) is 45.5. The van der Waals surface area contributed by atoms with Gasteiger partial charge in [0.15, 0.2) is 5.82 Å². The highest BCUT2D eigenvalue weighted by Gasteiger charge is 2.57. The average Bonchev–Trinajstić information content (AvgIpc) is 1.60. The molecule has 498 valence electrons. The van der Waals surface area contributed by atoms with E-state index in [9.17, 15) is 38.7 Å². The Bertz CT molecular complexity index is 3660. The molecule has 10 rings (SSSR count). The fourth-order valence-electron chi connectivity index (χ4n) is 13.1. The molecule has 25 heteroatoms. The van der Waals surface area contributed by atoms with E-state index in [1.807, 2.05) is 81.6 Å². The summed E-state index contributed by atoms with van der Waals surface area (Å²) in [6.45, 7) is 14.1. The number of piperidine rings is 1. The van der Waals surface area contributed by atoms with Crippen LogP contribution in [0.5, 0.6) is 5.75 Å². The van der Waals surface area contributed by atoms with E-state index >= 15 is 0 Å². The first-order valence-electron chi connectivity index (χ1n) is 32.8. The lowest BCUT2D eigenvalue weighted by Crippen LogP contribution is -2.55. The molecule has 3 N–H and O–H groups in total. The summed E-state index contributed by atoms with van der Waals surface area (Å²) in [6.07, 6.45) is 10.2. The molecule has 0 bridgehead atoms. The Labute approximate surface area is 547 Å². The van der Waals surface area contributed by atoms with Gasteiger partial charge in [-0.3, -0.25) is 48.6 Å². The quantitative estimate of drug-likeness (QED) is 0.0147. The molecule has 3 saturated heterocycles. The molecular weight excluding hydrogens is 1200 g/mol. The third-order valence-corrected chi connectivity index (χ3v) is 18.4. The van der Waals surface area contributed by atoms with Crippen molar-refractivity contribution in [2.75, 3.05) is 82.8 Å². The molecular formula is C69H87N14O11+. The third kappa shape index (κ3) is 16.9. The molecule has 6 atom stereocenters. The minimum absolute atomic E-state index is 0.0109. The van der Waals surface area contributed by atoms with E-state index in [0.717, 1.165) is 56.2 Å². The Kier molecular flexibility index (Phi) is 23.0. The fourth-order valence-corrected chi connectivity index (χ4v) is 13.1. The van der Waals surface area contributed by atoms with Crippen molar-refractivity contribution in [1.82, 2.24) is 54.6 Å². The van der Waals surface area contributed by atoms with E-state index in [0.29, 0.717) is 73.2 Å². The summed E-state index contributed by atoms with van der Waals surface area (Å²) >= 11 is 0. The van der Waals surface area contributed by atoms with Crippen LogP contribution in [0.15, 0.2) is 116 Å². The number of esters is 1. The summed E-state index contributed by atoms with van der Waals surface area (Å²) in [4.78, 5) is 102. The van der Waals surface area contributed by atoms with Gasteiger partial charge in [-0.1, -0.05) is 105 Å². The summed E-state index contributed by atoms with van der Waals surface area (Å²) < 4.78 is 22.4. The van der Waals surface area contributed by atoms with Crippen LogP contribution in [-0.4, -0.2) is 175 Å². The van der Waals surface area contributed by atoms with Crippen molar-refractivity contribution in [3.63, 3.8) is 0 Å². The number of fused-ring (bicyclic) bond motifs is 2. The zero-order chi connectivity index (χ0) is 66.3. The number of anilines is 2. The number of nitrogens with zero attached hydrogens (tertiary/aromatic N) is 12. The van der Waals surface area contributed by atoms with Gasteiger partial charge in [-0.25, -0.2) is 4.79 Å². The van der Waals surface area contributed by atoms with Gasteiger partial charge in [0.2, 0.25) is 29.5 Å². The second kappa shape index (κ2) is 32.0. The molecule has 1 aliphatic carbocycles. The lowest BCUT2D eigenvalue weighted by molar-refractivity contribution is -0.780. The molecule has 6 heterocycles. The number of hydrogen-bond donors (Lipinski definition) is 3. The number of hydrogen-bond acceptors (Lipinski definition) is 17. The number of piperazine rings is 1. The van der Waals surface area contributed by atoms with Crippen molar-refractivity contribution < 1.29 is 57.6 Å². The molecule has 25 nitrogen and oxygen atoms in total. The van der Waals surface area contributed by atoms with Crippen LogP contribution in [0.25, 0.3) is 11.7 Å². The lowest BCUT2D eigenvalue weighted by Gasteiger charge is -2.37. The number of allylic oxidation sites excluding steroid dienone is 2. The number of likely N-dealkylation sites (N-methyl/N-ethyl adjacent to an activating group) is 1. The third-order valence-electron chi connectivity index (χ3n) is 18.4. The van der Waals surface area contributed by atoms with Crippen LogP contribution >= 0.6 is 0 Å². The molecule has 0 radical (unpaired) electrons. The molecule has 94 heavy (non-hydrogen) atoms. The van der Waals surface area contributed by atoms with E-state index in [-0.39, 0.29) is 113 Å². The molecule has 3 aliphatic heterocycles. The van der Waals surface area contributed by atoms with Crippen LogP contribution in [0.3, 0.4) is 0 Å². The van der Waals surface area contributed by atoms with Crippen molar-refractivity contribution in [3.8, 4) is 5.75 Å². The van der Waals surface area contributed by atoms with Crippen LogP contribution in [0.4, 0.5) is 16.3 Å². The first-order valence-corrected chi connectivity index (χ1v) is 32.8. The van der Waals surface area contributed by atoms with Crippen LogP contribution in [0.1, 0.15) is 112 Å². The predicted molar refractivity (Wildman–Crippen MR) is 348 cm³/mol. The number of para-hydroxylation sites is 1. The largest absolute Gasteiger partial charge is 0.492 e. The van der Waals surface area contributed by atoms with Crippen molar-refractivity contribution >= 4 is 64.8 Å². The molecule has 3 aromatic carbocycles. The minimum Gasteiger partial charge on any atom is -0.492 e. The number of likely N-dealkylation sites (tertiary alicyclic amines) is 1. The molecule has 6 aromatic rings. The highest BCUT2D eigenvalue weighted by atomic mass is 16.6. The zero-order valence-corrected chi connectivity index (χ0v) is 54.2. The Morgan fingerprint density at radius 3 is 2.37 bits per heavy atom.